The molecule has 0 aliphatic carbocycles. The van der Waals surface area contributed by atoms with E-state index in [9.17, 15) is 4.79 Å². The van der Waals surface area contributed by atoms with Gasteiger partial charge in [-0.05, 0) is 19.3 Å². The minimum absolute atomic E-state index is 0.126. The standard InChI is InChI=1S/C10H18N2O/c1-4-8(7-11)10(13)12-9(5-2)6-3/h8-9H,4-6H2,1-3H3,(H,12,13). The average Bonchev–Trinajstić information content (AvgIpc) is 2.16. The molecule has 3 nitrogen and oxygen atoms in total. The number of nitriles is 1. The summed E-state index contributed by atoms with van der Waals surface area (Å²) < 4.78 is 0. The van der Waals surface area contributed by atoms with Gasteiger partial charge in [-0.25, -0.2) is 0 Å². The fourth-order valence-corrected chi connectivity index (χ4v) is 1.13. The molecule has 0 aliphatic heterocycles. The Kier molecular flexibility index (Phi) is 5.96. The van der Waals surface area contributed by atoms with E-state index in [1.54, 1.807) is 0 Å². The van der Waals surface area contributed by atoms with Crippen LogP contribution in [0.3, 0.4) is 0 Å². The van der Waals surface area contributed by atoms with E-state index < -0.39 is 5.92 Å². The van der Waals surface area contributed by atoms with E-state index in [4.69, 9.17) is 5.26 Å². The van der Waals surface area contributed by atoms with Crippen molar-refractivity contribution in [2.24, 2.45) is 5.92 Å². The van der Waals surface area contributed by atoms with Gasteiger partial charge in [-0.15, -0.1) is 0 Å². The summed E-state index contributed by atoms with van der Waals surface area (Å²) in [5.41, 5.74) is 0. The first-order chi connectivity index (χ1) is 6.19. The molecular formula is C10H18N2O. The number of nitrogens with one attached hydrogen (secondary N) is 1. The van der Waals surface area contributed by atoms with Gasteiger partial charge in [-0.3, -0.25) is 4.79 Å². The first-order valence-corrected chi connectivity index (χ1v) is 4.89. The molecule has 74 valence electrons. The summed E-state index contributed by atoms with van der Waals surface area (Å²) in [6.45, 7) is 5.91. The van der Waals surface area contributed by atoms with Gasteiger partial charge >= 0.3 is 0 Å². The third-order valence-electron chi connectivity index (χ3n) is 2.21. The molecular weight excluding hydrogens is 164 g/mol. The van der Waals surface area contributed by atoms with Gasteiger partial charge in [0.1, 0.15) is 5.92 Å². The van der Waals surface area contributed by atoms with Gasteiger partial charge in [0.2, 0.25) is 5.91 Å². The second-order valence-electron chi connectivity index (χ2n) is 3.11. The molecule has 0 saturated carbocycles. The number of rotatable bonds is 5. The summed E-state index contributed by atoms with van der Waals surface area (Å²) in [4.78, 5) is 11.4. The van der Waals surface area contributed by atoms with Crippen LogP contribution in [0.5, 0.6) is 0 Å². The molecule has 0 spiro atoms. The first kappa shape index (κ1) is 12.0. The van der Waals surface area contributed by atoms with Crippen LogP contribution in [-0.2, 0) is 4.79 Å². The zero-order chi connectivity index (χ0) is 10.3. The lowest BCUT2D eigenvalue weighted by atomic mass is 10.1. The summed E-state index contributed by atoms with van der Waals surface area (Å²) in [6, 6.07) is 2.21. The van der Waals surface area contributed by atoms with E-state index in [0.29, 0.717) is 6.42 Å². The second-order valence-corrected chi connectivity index (χ2v) is 3.11. The molecule has 0 radical (unpaired) electrons. The zero-order valence-electron chi connectivity index (χ0n) is 8.63. The highest BCUT2D eigenvalue weighted by Crippen LogP contribution is 2.03. The predicted octanol–water partition coefficient (Wildman–Crippen LogP) is 1.84. The Hall–Kier alpha value is -1.04. The highest BCUT2D eigenvalue weighted by Gasteiger charge is 2.17. The quantitative estimate of drug-likeness (QED) is 0.705. The highest BCUT2D eigenvalue weighted by molar-refractivity contribution is 5.81. The van der Waals surface area contributed by atoms with Crippen LogP contribution in [0.1, 0.15) is 40.0 Å². The molecule has 3 heteroatoms. The Bertz CT molecular complexity index is 192. The lowest BCUT2D eigenvalue weighted by molar-refractivity contribution is -0.124. The van der Waals surface area contributed by atoms with Crippen LogP contribution in [0.15, 0.2) is 0 Å². The minimum Gasteiger partial charge on any atom is -0.352 e. The lowest BCUT2D eigenvalue weighted by Gasteiger charge is -2.16. The molecule has 0 heterocycles. The third kappa shape index (κ3) is 3.93. The molecule has 0 aromatic heterocycles. The molecule has 0 fully saturated rings. The Morgan fingerprint density at radius 2 is 1.85 bits per heavy atom. The van der Waals surface area contributed by atoms with Crippen molar-refractivity contribution < 1.29 is 4.79 Å². The van der Waals surface area contributed by atoms with Crippen LogP contribution >= 0.6 is 0 Å². The van der Waals surface area contributed by atoms with Crippen molar-refractivity contribution in [3.8, 4) is 6.07 Å². The van der Waals surface area contributed by atoms with E-state index in [1.807, 2.05) is 26.8 Å². The summed E-state index contributed by atoms with van der Waals surface area (Å²) in [6.07, 6.45) is 2.43. The van der Waals surface area contributed by atoms with Crippen LogP contribution in [-0.4, -0.2) is 11.9 Å². The Morgan fingerprint density at radius 1 is 1.31 bits per heavy atom. The molecule has 0 aromatic rings. The fraction of sp³-hybridized carbons (Fsp3) is 0.800. The summed E-state index contributed by atoms with van der Waals surface area (Å²) in [7, 11) is 0. The van der Waals surface area contributed by atoms with Crippen LogP contribution in [0, 0.1) is 17.2 Å². The maximum Gasteiger partial charge on any atom is 0.237 e. The minimum atomic E-state index is -0.486. The molecule has 0 rings (SSSR count). The van der Waals surface area contributed by atoms with Gasteiger partial charge in [0.05, 0.1) is 6.07 Å². The average molecular weight is 182 g/mol. The molecule has 1 atom stereocenters. The van der Waals surface area contributed by atoms with Gasteiger partial charge in [0, 0.05) is 6.04 Å². The smallest absolute Gasteiger partial charge is 0.237 e. The summed E-state index contributed by atoms with van der Waals surface area (Å²) in [5, 5.41) is 11.5. The van der Waals surface area contributed by atoms with E-state index in [-0.39, 0.29) is 11.9 Å². The van der Waals surface area contributed by atoms with Crippen LogP contribution in [0.4, 0.5) is 0 Å². The predicted molar refractivity (Wildman–Crippen MR) is 51.9 cm³/mol. The zero-order valence-corrected chi connectivity index (χ0v) is 8.63. The topological polar surface area (TPSA) is 52.9 Å². The number of carbonyl (C=O) groups excluding carboxylic acids is 1. The van der Waals surface area contributed by atoms with E-state index in [1.165, 1.54) is 0 Å². The number of nitrogens with zero attached hydrogens (tertiary/aromatic N) is 1. The van der Waals surface area contributed by atoms with Crippen LogP contribution in [0.2, 0.25) is 0 Å². The third-order valence-corrected chi connectivity index (χ3v) is 2.21. The largest absolute Gasteiger partial charge is 0.352 e. The monoisotopic (exact) mass is 182 g/mol. The second kappa shape index (κ2) is 6.47. The molecule has 1 amide bonds. The maximum absolute atomic E-state index is 11.4. The summed E-state index contributed by atoms with van der Waals surface area (Å²) in [5.74, 6) is -0.612. The van der Waals surface area contributed by atoms with Gasteiger partial charge in [0.25, 0.3) is 0 Å². The van der Waals surface area contributed by atoms with Crippen molar-refractivity contribution in [3.05, 3.63) is 0 Å². The number of amides is 1. The van der Waals surface area contributed by atoms with E-state index >= 15 is 0 Å². The first-order valence-electron chi connectivity index (χ1n) is 4.89. The number of hydrogen-bond donors (Lipinski definition) is 1. The Labute approximate surface area is 80.1 Å². The highest BCUT2D eigenvalue weighted by atomic mass is 16.1. The fourth-order valence-electron chi connectivity index (χ4n) is 1.13. The molecule has 13 heavy (non-hydrogen) atoms. The number of carbonyl (C=O) groups is 1. The van der Waals surface area contributed by atoms with E-state index in [0.717, 1.165) is 12.8 Å². The van der Waals surface area contributed by atoms with E-state index in [2.05, 4.69) is 5.32 Å². The van der Waals surface area contributed by atoms with Crippen molar-refractivity contribution in [1.82, 2.24) is 5.32 Å². The molecule has 1 N–H and O–H groups in total. The van der Waals surface area contributed by atoms with Crippen molar-refractivity contribution in [2.75, 3.05) is 0 Å². The normalized spacial score (nSPS) is 12.2. The summed E-state index contributed by atoms with van der Waals surface area (Å²) >= 11 is 0. The van der Waals surface area contributed by atoms with Crippen molar-refractivity contribution >= 4 is 5.91 Å². The maximum atomic E-state index is 11.4. The van der Waals surface area contributed by atoms with Crippen molar-refractivity contribution in [1.29, 1.82) is 5.26 Å². The lowest BCUT2D eigenvalue weighted by Crippen LogP contribution is -2.37. The Morgan fingerprint density at radius 3 is 2.15 bits per heavy atom. The molecule has 1 unspecified atom stereocenters. The Balaban J connectivity index is 4.05. The van der Waals surface area contributed by atoms with Gasteiger partial charge < -0.3 is 5.32 Å². The van der Waals surface area contributed by atoms with Crippen LogP contribution < -0.4 is 5.32 Å². The SMILES string of the molecule is CCC(CC)NC(=O)C(C#N)CC. The molecule has 0 aliphatic rings. The van der Waals surface area contributed by atoms with Gasteiger partial charge in [0.15, 0.2) is 0 Å². The van der Waals surface area contributed by atoms with Gasteiger partial charge in [-0.2, -0.15) is 5.26 Å². The molecule has 0 bridgehead atoms. The van der Waals surface area contributed by atoms with Crippen molar-refractivity contribution in [3.63, 3.8) is 0 Å². The number of hydrogen-bond acceptors (Lipinski definition) is 2. The molecule has 0 saturated heterocycles. The molecule has 0 aromatic carbocycles. The van der Waals surface area contributed by atoms with Gasteiger partial charge in [-0.1, -0.05) is 20.8 Å². The van der Waals surface area contributed by atoms with Crippen LogP contribution in [0.25, 0.3) is 0 Å². The van der Waals surface area contributed by atoms with Crippen molar-refractivity contribution in [2.45, 2.75) is 46.1 Å².